The van der Waals surface area contributed by atoms with Crippen LogP contribution < -0.4 is 5.32 Å². The summed E-state index contributed by atoms with van der Waals surface area (Å²) in [5.74, 6) is -2.98. The Balaban J connectivity index is 3.01. The van der Waals surface area contributed by atoms with Crippen molar-refractivity contribution in [2.75, 3.05) is 6.54 Å². The molecule has 0 aliphatic heterocycles. The van der Waals surface area contributed by atoms with Crippen molar-refractivity contribution in [2.45, 2.75) is 27.7 Å². The van der Waals surface area contributed by atoms with Crippen LogP contribution in [0.5, 0.6) is 0 Å². The molecule has 0 unspecified atom stereocenters. The fourth-order valence-electron chi connectivity index (χ4n) is 1.48. The van der Waals surface area contributed by atoms with E-state index in [1.54, 1.807) is 0 Å². The van der Waals surface area contributed by atoms with Gasteiger partial charge < -0.3 is 5.32 Å². The Labute approximate surface area is 121 Å². The molecule has 1 amide bonds. The molecule has 0 radical (unpaired) electrons. The van der Waals surface area contributed by atoms with Crippen molar-refractivity contribution < 1.29 is 18.5 Å². The van der Waals surface area contributed by atoms with E-state index < -0.39 is 33.7 Å². The standard InChI is InChI=1S/C14H18F2N2O3/c1-8(2)14(3,4)7-17-13(19)10-5-9(15)6-11(12(10)16)18(20)21/h5-6,8H,7H2,1-4H3,(H,17,19). The second kappa shape index (κ2) is 6.15. The molecular formula is C14H18F2N2O3. The largest absolute Gasteiger partial charge is 0.351 e. The highest BCUT2D eigenvalue weighted by molar-refractivity contribution is 5.95. The Morgan fingerprint density at radius 3 is 2.43 bits per heavy atom. The highest BCUT2D eigenvalue weighted by Crippen LogP contribution is 2.26. The molecule has 1 rings (SSSR count). The molecule has 116 valence electrons. The first-order valence-electron chi connectivity index (χ1n) is 6.48. The van der Waals surface area contributed by atoms with Crippen LogP contribution in [0.3, 0.4) is 0 Å². The zero-order chi connectivity index (χ0) is 16.4. The number of nitro groups is 1. The minimum Gasteiger partial charge on any atom is -0.351 e. The van der Waals surface area contributed by atoms with Crippen LogP contribution in [0.15, 0.2) is 12.1 Å². The molecule has 0 aromatic heterocycles. The smallest absolute Gasteiger partial charge is 0.308 e. The van der Waals surface area contributed by atoms with Gasteiger partial charge in [-0.05, 0) is 17.4 Å². The number of amides is 1. The lowest BCUT2D eigenvalue weighted by Crippen LogP contribution is -2.37. The van der Waals surface area contributed by atoms with E-state index in [-0.39, 0.29) is 17.9 Å². The number of hydrogen-bond donors (Lipinski definition) is 1. The maximum atomic E-state index is 13.9. The van der Waals surface area contributed by atoms with Crippen molar-refractivity contribution in [1.29, 1.82) is 0 Å². The summed E-state index contributed by atoms with van der Waals surface area (Å²) in [7, 11) is 0. The molecule has 0 heterocycles. The van der Waals surface area contributed by atoms with E-state index in [0.717, 1.165) is 0 Å². The lowest BCUT2D eigenvalue weighted by Gasteiger charge is -2.29. The predicted molar refractivity (Wildman–Crippen MR) is 74.0 cm³/mol. The highest BCUT2D eigenvalue weighted by Gasteiger charge is 2.27. The van der Waals surface area contributed by atoms with Crippen LogP contribution in [0.25, 0.3) is 0 Å². The summed E-state index contributed by atoms with van der Waals surface area (Å²) in [6, 6.07) is 1.10. The Bertz CT molecular complexity index is 572. The van der Waals surface area contributed by atoms with Crippen molar-refractivity contribution in [3.8, 4) is 0 Å². The Morgan fingerprint density at radius 1 is 1.38 bits per heavy atom. The molecule has 1 aromatic carbocycles. The van der Waals surface area contributed by atoms with Gasteiger partial charge in [0.05, 0.1) is 16.6 Å². The van der Waals surface area contributed by atoms with Crippen LogP contribution in [0.1, 0.15) is 38.1 Å². The van der Waals surface area contributed by atoms with Crippen LogP contribution in [0.2, 0.25) is 0 Å². The fourth-order valence-corrected chi connectivity index (χ4v) is 1.48. The monoisotopic (exact) mass is 300 g/mol. The van der Waals surface area contributed by atoms with Crippen molar-refractivity contribution in [1.82, 2.24) is 5.32 Å². The summed E-state index contributed by atoms with van der Waals surface area (Å²) < 4.78 is 27.1. The first-order chi connectivity index (χ1) is 9.56. The van der Waals surface area contributed by atoms with Gasteiger partial charge in [0.15, 0.2) is 0 Å². The summed E-state index contributed by atoms with van der Waals surface area (Å²) in [5, 5.41) is 13.1. The third-order valence-corrected chi connectivity index (χ3v) is 3.73. The fraction of sp³-hybridized carbons (Fsp3) is 0.500. The zero-order valence-electron chi connectivity index (χ0n) is 12.4. The Kier molecular flexibility index (Phi) is 4.98. The van der Waals surface area contributed by atoms with Gasteiger partial charge in [0.1, 0.15) is 5.82 Å². The summed E-state index contributed by atoms with van der Waals surface area (Å²) in [6.45, 7) is 8.03. The summed E-state index contributed by atoms with van der Waals surface area (Å²) in [5.41, 5.74) is -1.96. The zero-order valence-corrected chi connectivity index (χ0v) is 12.4. The van der Waals surface area contributed by atoms with Crippen LogP contribution >= 0.6 is 0 Å². The Hall–Kier alpha value is -2.05. The number of carbonyl (C=O) groups is 1. The van der Waals surface area contributed by atoms with Gasteiger partial charge in [-0.15, -0.1) is 0 Å². The second-order valence-electron chi connectivity index (χ2n) is 5.87. The molecule has 0 saturated heterocycles. The van der Waals surface area contributed by atoms with Gasteiger partial charge in [0.2, 0.25) is 5.82 Å². The molecule has 1 N–H and O–H groups in total. The third-order valence-electron chi connectivity index (χ3n) is 3.73. The number of rotatable bonds is 5. The quantitative estimate of drug-likeness (QED) is 0.670. The average molecular weight is 300 g/mol. The lowest BCUT2D eigenvalue weighted by atomic mass is 9.81. The van der Waals surface area contributed by atoms with E-state index in [9.17, 15) is 23.7 Å². The van der Waals surface area contributed by atoms with Crippen molar-refractivity contribution in [3.63, 3.8) is 0 Å². The maximum Gasteiger partial charge on any atom is 0.308 e. The van der Waals surface area contributed by atoms with Crippen LogP contribution in [-0.4, -0.2) is 17.4 Å². The molecule has 0 saturated carbocycles. The van der Waals surface area contributed by atoms with Gasteiger partial charge in [-0.2, -0.15) is 4.39 Å². The van der Waals surface area contributed by atoms with Gasteiger partial charge >= 0.3 is 5.69 Å². The van der Waals surface area contributed by atoms with Crippen LogP contribution in [0.4, 0.5) is 14.5 Å². The minimum absolute atomic E-state index is 0.243. The van der Waals surface area contributed by atoms with Gasteiger partial charge in [-0.1, -0.05) is 27.7 Å². The van der Waals surface area contributed by atoms with Crippen molar-refractivity contribution in [3.05, 3.63) is 39.4 Å². The molecule has 0 bridgehead atoms. The number of carbonyl (C=O) groups excluding carboxylic acids is 1. The molecule has 0 atom stereocenters. The van der Waals surface area contributed by atoms with Crippen LogP contribution in [-0.2, 0) is 0 Å². The van der Waals surface area contributed by atoms with E-state index in [1.807, 2.05) is 27.7 Å². The topological polar surface area (TPSA) is 72.2 Å². The molecule has 21 heavy (non-hydrogen) atoms. The third kappa shape index (κ3) is 3.96. The van der Waals surface area contributed by atoms with E-state index in [1.165, 1.54) is 0 Å². The lowest BCUT2D eigenvalue weighted by molar-refractivity contribution is -0.387. The minimum atomic E-state index is -1.33. The molecule has 0 aliphatic rings. The number of halogens is 2. The SMILES string of the molecule is CC(C)C(C)(C)CNC(=O)c1cc(F)cc([N+](=O)[O-])c1F. The first kappa shape index (κ1) is 17.0. The molecule has 5 nitrogen and oxygen atoms in total. The first-order valence-corrected chi connectivity index (χ1v) is 6.48. The van der Waals surface area contributed by atoms with E-state index in [4.69, 9.17) is 0 Å². The van der Waals surface area contributed by atoms with Gasteiger partial charge in [0.25, 0.3) is 5.91 Å². The normalized spacial score (nSPS) is 11.6. The number of nitrogens with one attached hydrogen (secondary N) is 1. The summed E-state index contributed by atoms with van der Waals surface area (Å²) >= 11 is 0. The van der Waals surface area contributed by atoms with Gasteiger partial charge in [-0.3, -0.25) is 14.9 Å². The van der Waals surface area contributed by atoms with Gasteiger partial charge in [-0.25, -0.2) is 4.39 Å². The molecule has 1 aromatic rings. The van der Waals surface area contributed by atoms with E-state index >= 15 is 0 Å². The van der Waals surface area contributed by atoms with Crippen molar-refractivity contribution in [2.24, 2.45) is 11.3 Å². The molecule has 0 fully saturated rings. The van der Waals surface area contributed by atoms with E-state index in [2.05, 4.69) is 5.32 Å². The van der Waals surface area contributed by atoms with Crippen LogP contribution in [0, 0.1) is 33.1 Å². The molecule has 7 heteroatoms. The average Bonchev–Trinajstić information content (AvgIpc) is 2.37. The molecule has 0 spiro atoms. The Morgan fingerprint density at radius 2 is 1.95 bits per heavy atom. The molecular weight excluding hydrogens is 282 g/mol. The molecule has 0 aliphatic carbocycles. The van der Waals surface area contributed by atoms with Gasteiger partial charge in [0, 0.05) is 6.54 Å². The van der Waals surface area contributed by atoms with E-state index in [0.29, 0.717) is 12.1 Å². The number of nitrogens with zero attached hydrogens (tertiary/aromatic N) is 1. The van der Waals surface area contributed by atoms with Crippen molar-refractivity contribution >= 4 is 11.6 Å². The maximum absolute atomic E-state index is 13.9. The number of benzene rings is 1. The number of hydrogen-bond acceptors (Lipinski definition) is 3. The summed E-state index contributed by atoms with van der Waals surface area (Å²) in [4.78, 5) is 21.5. The summed E-state index contributed by atoms with van der Waals surface area (Å²) in [6.07, 6.45) is 0. The highest BCUT2D eigenvalue weighted by atomic mass is 19.1. The predicted octanol–water partition coefficient (Wildman–Crippen LogP) is 3.29. The second-order valence-corrected chi connectivity index (χ2v) is 5.87. The number of nitro benzene ring substituents is 1.